The number of anilines is 1. The largest absolute Gasteiger partial charge is 0.496 e. The van der Waals surface area contributed by atoms with E-state index >= 15 is 0 Å². The Morgan fingerprint density at radius 2 is 2.00 bits per heavy atom. The van der Waals surface area contributed by atoms with Gasteiger partial charge in [0.15, 0.2) is 0 Å². The van der Waals surface area contributed by atoms with Crippen LogP contribution in [0.25, 0.3) is 11.0 Å². The molecule has 4 rings (SSSR count). The number of likely N-dealkylation sites (tertiary alicyclic amines) is 1. The predicted octanol–water partition coefficient (Wildman–Crippen LogP) is 1.99. The van der Waals surface area contributed by atoms with E-state index in [0.29, 0.717) is 23.5 Å². The molecule has 4 N–H and O–H groups in total. The van der Waals surface area contributed by atoms with Crippen molar-refractivity contribution in [2.45, 2.75) is 18.9 Å². The van der Waals surface area contributed by atoms with E-state index in [-0.39, 0.29) is 17.6 Å². The van der Waals surface area contributed by atoms with E-state index in [9.17, 15) is 9.59 Å². The minimum Gasteiger partial charge on any atom is -0.496 e. The van der Waals surface area contributed by atoms with Crippen molar-refractivity contribution in [1.29, 1.82) is 0 Å². The van der Waals surface area contributed by atoms with Gasteiger partial charge in [0.1, 0.15) is 5.75 Å². The fourth-order valence-corrected chi connectivity index (χ4v) is 4.16. The van der Waals surface area contributed by atoms with Crippen LogP contribution in [0.2, 0.25) is 0 Å². The van der Waals surface area contributed by atoms with Crippen LogP contribution >= 0.6 is 0 Å². The number of carbonyl (C=O) groups excluding carboxylic acids is 1. The number of nitrogens with two attached hydrogens (primary N) is 1. The van der Waals surface area contributed by atoms with Gasteiger partial charge in [0.25, 0.3) is 5.91 Å². The lowest BCUT2D eigenvalue weighted by molar-refractivity contribution is 0.0941. The van der Waals surface area contributed by atoms with Crippen molar-refractivity contribution in [3.63, 3.8) is 0 Å². The summed E-state index contributed by atoms with van der Waals surface area (Å²) in [5.41, 5.74) is 8.58. The number of fused-ring (bicyclic) bond motifs is 1. The Bertz CT molecular complexity index is 1100. The first-order chi connectivity index (χ1) is 14.6. The molecule has 1 aromatic heterocycles. The van der Waals surface area contributed by atoms with Gasteiger partial charge in [-0.05, 0) is 37.1 Å². The van der Waals surface area contributed by atoms with E-state index in [0.717, 1.165) is 43.5 Å². The summed E-state index contributed by atoms with van der Waals surface area (Å²) in [7, 11) is 1.52. The number of hydrogen-bond acceptors (Lipinski definition) is 5. The van der Waals surface area contributed by atoms with Crippen LogP contribution in [0.15, 0.2) is 47.3 Å². The number of ether oxygens (including phenoxy) is 1. The number of nitrogens with zero attached hydrogens (tertiary/aromatic N) is 2. The number of piperidine rings is 1. The predicted molar refractivity (Wildman–Crippen MR) is 117 cm³/mol. The quantitative estimate of drug-likeness (QED) is 0.540. The number of imidazole rings is 1. The molecule has 1 aliphatic heterocycles. The number of nitrogens with one attached hydrogen (secondary N) is 2. The Morgan fingerprint density at radius 1 is 1.23 bits per heavy atom. The highest BCUT2D eigenvalue weighted by atomic mass is 16.5. The molecule has 1 saturated heterocycles. The fraction of sp³-hybridized carbons (Fsp3) is 0.364. The molecule has 2 heterocycles. The molecule has 3 aromatic rings. The molecule has 158 valence electrons. The summed E-state index contributed by atoms with van der Waals surface area (Å²) in [4.78, 5) is 30.1. The number of hydrogen-bond donors (Lipinski definition) is 3. The molecule has 8 heteroatoms. The maximum absolute atomic E-state index is 12.5. The van der Waals surface area contributed by atoms with Gasteiger partial charge in [0.05, 0.1) is 23.7 Å². The molecule has 0 aliphatic carbocycles. The SMILES string of the molecule is COc1cc(N)ccc1C(=O)NCCN1CCC(n2c(=O)[nH]c3ccccc32)CC1. The van der Waals surface area contributed by atoms with Crippen molar-refractivity contribution in [1.82, 2.24) is 19.8 Å². The highest BCUT2D eigenvalue weighted by Gasteiger charge is 2.23. The van der Waals surface area contributed by atoms with Crippen molar-refractivity contribution in [2.24, 2.45) is 0 Å². The number of H-pyrrole nitrogens is 1. The van der Waals surface area contributed by atoms with Crippen molar-refractivity contribution in [3.8, 4) is 5.75 Å². The van der Waals surface area contributed by atoms with Crippen molar-refractivity contribution >= 4 is 22.6 Å². The molecule has 2 aromatic carbocycles. The summed E-state index contributed by atoms with van der Waals surface area (Å²) >= 11 is 0. The van der Waals surface area contributed by atoms with E-state index in [4.69, 9.17) is 10.5 Å². The Labute approximate surface area is 174 Å². The molecule has 1 amide bonds. The maximum atomic E-state index is 12.5. The van der Waals surface area contributed by atoms with Crippen LogP contribution in [0.3, 0.4) is 0 Å². The van der Waals surface area contributed by atoms with E-state index in [2.05, 4.69) is 15.2 Å². The Morgan fingerprint density at radius 3 is 2.77 bits per heavy atom. The van der Waals surface area contributed by atoms with Crippen molar-refractivity contribution in [3.05, 3.63) is 58.5 Å². The molecule has 0 radical (unpaired) electrons. The van der Waals surface area contributed by atoms with Crippen LogP contribution in [0.1, 0.15) is 29.2 Å². The van der Waals surface area contributed by atoms with Crippen LogP contribution in [0.4, 0.5) is 5.69 Å². The lowest BCUT2D eigenvalue weighted by atomic mass is 10.0. The normalized spacial score (nSPS) is 15.4. The molecule has 30 heavy (non-hydrogen) atoms. The second-order valence-corrected chi connectivity index (χ2v) is 7.61. The number of methoxy groups -OCH3 is 1. The van der Waals surface area contributed by atoms with Gasteiger partial charge in [-0.2, -0.15) is 0 Å². The number of amides is 1. The minimum atomic E-state index is -0.174. The summed E-state index contributed by atoms with van der Waals surface area (Å²) in [5.74, 6) is 0.296. The van der Waals surface area contributed by atoms with Crippen LogP contribution in [-0.4, -0.2) is 53.6 Å². The number of nitrogen functional groups attached to an aromatic ring is 1. The Hall–Kier alpha value is -3.26. The first-order valence-electron chi connectivity index (χ1n) is 10.2. The smallest absolute Gasteiger partial charge is 0.326 e. The van der Waals surface area contributed by atoms with Crippen LogP contribution < -0.4 is 21.5 Å². The summed E-state index contributed by atoms with van der Waals surface area (Å²) in [6, 6.07) is 13.0. The molecule has 0 unspecified atom stereocenters. The first kappa shape index (κ1) is 20.0. The van der Waals surface area contributed by atoms with Crippen LogP contribution in [-0.2, 0) is 0 Å². The second-order valence-electron chi connectivity index (χ2n) is 7.61. The number of para-hydroxylation sites is 2. The topological polar surface area (TPSA) is 105 Å². The Kier molecular flexibility index (Phi) is 5.76. The van der Waals surface area contributed by atoms with Gasteiger partial charge >= 0.3 is 5.69 Å². The third kappa shape index (κ3) is 4.04. The van der Waals surface area contributed by atoms with Crippen LogP contribution in [0.5, 0.6) is 5.75 Å². The van der Waals surface area contributed by atoms with Crippen LogP contribution in [0, 0.1) is 0 Å². The lowest BCUT2D eigenvalue weighted by Gasteiger charge is -2.32. The zero-order chi connectivity index (χ0) is 21.1. The fourth-order valence-electron chi connectivity index (χ4n) is 4.16. The van der Waals surface area contributed by atoms with E-state index in [1.165, 1.54) is 7.11 Å². The number of benzene rings is 2. The summed E-state index contributed by atoms with van der Waals surface area (Å²) in [5, 5.41) is 2.95. The molecule has 1 fully saturated rings. The molecule has 0 bridgehead atoms. The third-order valence-electron chi connectivity index (χ3n) is 5.73. The number of aromatic amines is 1. The van der Waals surface area contributed by atoms with Gasteiger partial charge in [0, 0.05) is 44.0 Å². The monoisotopic (exact) mass is 409 g/mol. The second kappa shape index (κ2) is 8.62. The molecular formula is C22H27N5O3. The number of carbonyl (C=O) groups is 1. The van der Waals surface area contributed by atoms with E-state index < -0.39 is 0 Å². The molecule has 8 nitrogen and oxygen atoms in total. The molecule has 0 atom stereocenters. The van der Waals surface area contributed by atoms with E-state index in [1.807, 2.05) is 28.8 Å². The highest BCUT2D eigenvalue weighted by Crippen LogP contribution is 2.25. The summed E-state index contributed by atoms with van der Waals surface area (Å²) in [6.45, 7) is 3.08. The average molecular weight is 409 g/mol. The standard InChI is InChI=1S/C22H27N5O3/c1-30-20-14-15(23)6-7-17(20)21(28)24-10-13-26-11-8-16(9-12-26)27-19-5-3-2-4-18(19)25-22(27)29/h2-7,14,16H,8-13,23H2,1H3,(H,24,28)(H,25,29). The Balaban J connectivity index is 1.30. The highest BCUT2D eigenvalue weighted by molar-refractivity contribution is 5.97. The van der Waals surface area contributed by atoms with Crippen molar-refractivity contribution in [2.75, 3.05) is 39.0 Å². The molecule has 1 aliphatic rings. The lowest BCUT2D eigenvalue weighted by Crippen LogP contribution is -2.41. The van der Waals surface area contributed by atoms with Gasteiger partial charge in [-0.1, -0.05) is 12.1 Å². The van der Waals surface area contributed by atoms with Gasteiger partial charge in [-0.25, -0.2) is 4.79 Å². The minimum absolute atomic E-state index is 0.0423. The van der Waals surface area contributed by atoms with Gasteiger partial charge in [-0.15, -0.1) is 0 Å². The van der Waals surface area contributed by atoms with E-state index in [1.54, 1.807) is 18.2 Å². The molecule has 0 spiro atoms. The van der Waals surface area contributed by atoms with Crippen molar-refractivity contribution < 1.29 is 9.53 Å². The maximum Gasteiger partial charge on any atom is 0.326 e. The summed E-state index contributed by atoms with van der Waals surface area (Å²) < 4.78 is 7.14. The number of rotatable bonds is 6. The summed E-state index contributed by atoms with van der Waals surface area (Å²) in [6.07, 6.45) is 1.81. The van der Waals surface area contributed by atoms with Gasteiger partial charge < -0.3 is 25.7 Å². The first-order valence-corrected chi connectivity index (χ1v) is 10.2. The van der Waals surface area contributed by atoms with Gasteiger partial charge in [0.2, 0.25) is 0 Å². The zero-order valence-electron chi connectivity index (χ0n) is 17.1. The van der Waals surface area contributed by atoms with Gasteiger partial charge in [-0.3, -0.25) is 9.36 Å². The average Bonchev–Trinajstić information content (AvgIpc) is 3.09. The molecule has 0 saturated carbocycles. The number of aromatic nitrogens is 2. The molecular weight excluding hydrogens is 382 g/mol. The zero-order valence-corrected chi connectivity index (χ0v) is 17.1. The third-order valence-corrected chi connectivity index (χ3v) is 5.73.